The Hall–Kier alpha value is -5.78. The first-order valence-corrected chi connectivity index (χ1v) is 15.9. The van der Waals surface area contributed by atoms with Gasteiger partial charge >= 0.3 is 0 Å². The third kappa shape index (κ3) is 3.47. The van der Waals surface area contributed by atoms with E-state index in [1.807, 2.05) is 18.2 Å². The van der Waals surface area contributed by atoms with Crippen LogP contribution in [0.5, 0.6) is 0 Å². The van der Waals surface area contributed by atoms with E-state index in [2.05, 4.69) is 137 Å². The van der Waals surface area contributed by atoms with Crippen molar-refractivity contribution >= 4 is 75.3 Å². The maximum Gasteiger partial charge on any atom is 0.162 e. The van der Waals surface area contributed by atoms with Gasteiger partial charge in [0.05, 0.1) is 32.3 Å². The molecule has 0 aliphatic carbocycles. The summed E-state index contributed by atoms with van der Waals surface area (Å²) in [5.74, 6) is 1.64. The van der Waals surface area contributed by atoms with Crippen molar-refractivity contribution in [2.75, 3.05) is 0 Å². The van der Waals surface area contributed by atoms with Crippen molar-refractivity contribution in [3.63, 3.8) is 0 Å². The van der Waals surface area contributed by atoms with Crippen LogP contribution in [0.25, 0.3) is 86.8 Å². The Balaban J connectivity index is 1.42. The van der Waals surface area contributed by atoms with Crippen molar-refractivity contribution in [3.05, 3.63) is 146 Å². The largest absolute Gasteiger partial charge is 0.309 e. The Labute approximate surface area is 262 Å². The smallest absolute Gasteiger partial charge is 0.162 e. The van der Waals surface area contributed by atoms with Crippen LogP contribution >= 0.6 is 11.3 Å². The van der Waals surface area contributed by atoms with Crippen LogP contribution < -0.4 is 0 Å². The lowest BCUT2D eigenvalue weighted by Crippen LogP contribution is -2.01. The van der Waals surface area contributed by atoms with Crippen LogP contribution in [0, 0.1) is 0 Å². The van der Waals surface area contributed by atoms with Gasteiger partial charge < -0.3 is 4.57 Å². The molecule has 10 aromatic rings. The molecule has 6 aromatic carbocycles. The maximum atomic E-state index is 5.37. The summed E-state index contributed by atoms with van der Waals surface area (Å²) in [6.45, 7) is 0. The van der Waals surface area contributed by atoms with E-state index in [-0.39, 0.29) is 0 Å². The first-order valence-electron chi connectivity index (χ1n) is 15.1. The van der Waals surface area contributed by atoms with Gasteiger partial charge in [0.15, 0.2) is 11.6 Å². The monoisotopic (exact) mass is 592 g/mol. The normalized spacial score (nSPS) is 12.0. The van der Waals surface area contributed by atoms with E-state index in [0.717, 1.165) is 49.5 Å². The molecule has 0 amide bonds. The fourth-order valence-electron chi connectivity index (χ4n) is 7.03. The van der Waals surface area contributed by atoms with E-state index in [1.165, 1.54) is 37.3 Å². The molecule has 0 saturated carbocycles. The third-order valence-electron chi connectivity index (χ3n) is 8.93. The Bertz CT molecular complexity index is 2750. The second-order valence-corrected chi connectivity index (χ2v) is 12.5. The summed E-state index contributed by atoms with van der Waals surface area (Å²) in [5, 5.41) is 6.06. The van der Waals surface area contributed by atoms with Gasteiger partial charge in [-0.2, -0.15) is 0 Å². The molecule has 5 heteroatoms. The average Bonchev–Trinajstić information content (AvgIpc) is 3.76. The zero-order valence-electron chi connectivity index (χ0n) is 24.1. The number of para-hydroxylation sites is 3. The highest BCUT2D eigenvalue weighted by atomic mass is 32.1. The lowest BCUT2D eigenvalue weighted by molar-refractivity contribution is 1.08. The molecular weight excluding hydrogens is 569 g/mol. The van der Waals surface area contributed by atoms with Crippen molar-refractivity contribution in [3.8, 4) is 22.9 Å². The minimum atomic E-state index is 0.729. The quantitative estimate of drug-likeness (QED) is 0.205. The number of rotatable bonds is 3. The van der Waals surface area contributed by atoms with Gasteiger partial charge in [-0.3, -0.25) is 4.57 Å². The second-order valence-electron chi connectivity index (χ2n) is 11.4. The van der Waals surface area contributed by atoms with E-state index in [1.54, 1.807) is 11.3 Å². The zero-order chi connectivity index (χ0) is 29.5. The second kappa shape index (κ2) is 9.36. The molecule has 0 radical (unpaired) electrons. The molecule has 4 nitrogen and oxygen atoms in total. The van der Waals surface area contributed by atoms with Crippen molar-refractivity contribution < 1.29 is 0 Å². The summed E-state index contributed by atoms with van der Waals surface area (Å²) in [7, 11) is 0. The minimum Gasteiger partial charge on any atom is -0.309 e. The van der Waals surface area contributed by atoms with Gasteiger partial charge in [-0.1, -0.05) is 109 Å². The molecule has 0 aliphatic heterocycles. The summed E-state index contributed by atoms with van der Waals surface area (Å²) < 4.78 is 7.08. The molecule has 0 N–H and O–H groups in total. The van der Waals surface area contributed by atoms with Crippen molar-refractivity contribution in [2.24, 2.45) is 0 Å². The summed E-state index contributed by atoms with van der Waals surface area (Å²) in [4.78, 5) is 10.5. The highest BCUT2D eigenvalue weighted by Crippen LogP contribution is 2.44. The predicted molar refractivity (Wildman–Crippen MR) is 189 cm³/mol. The Kier molecular flexibility index (Phi) is 5.12. The van der Waals surface area contributed by atoms with Gasteiger partial charge in [-0.15, -0.1) is 11.3 Å². The van der Waals surface area contributed by atoms with Crippen LogP contribution in [0.15, 0.2) is 146 Å². The molecule has 0 aliphatic rings. The van der Waals surface area contributed by atoms with Gasteiger partial charge in [-0.25, -0.2) is 9.97 Å². The van der Waals surface area contributed by atoms with E-state index >= 15 is 0 Å². The topological polar surface area (TPSA) is 35.6 Å². The number of fused-ring (bicyclic) bond motifs is 10. The van der Waals surface area contributed by atoms with E-state index in [4.69, 9.17) is 9.97 Å². The standard InChI is InChI=1S/C40H24N4S/c1-3-13-25(14-4-1)39-41-36-30-19-9-12-22-34(30)45-38(36)40(42-39)44-32-21-11-8-18-29(32)35-33(44)24-23-28-27-17-7-10-20-31(27)43(37(28)35)26-15-5-2-6-16-26/h1-24H. The van der Waals surface area contributed by atoms with Gasteiger partial charge in [-0.05, 0) is 36.4 Å². The zero-order valence-corrected chi connectivity index (χ0v) is 24.9. The fourth-order valence-corrected chi connectivity index (χ4v) is 8.15. The highest BCUT2D eigenvalue weighted by Gasteiger charge is 2.24. The molecule has 0 spiro atoms. The van der Waals surface area contributed by atoms with Crippen LogP contribution in [-0.2, 0) is 0 Å². The number of hydrogen-bond donors (Lipinski definition) is 0. The number of benzene rings is 6. The van der Waals surface area contributed by atoms with Crippen molar-refractivity contribution in [1.82, 2.24) is 19.1 Å². The van der Waals surface area contributed by atoms with Crippen LogP contribution in [0.1, 0.15) is 0 Å². The molecular formula is C40H24N4S. The molecule has 4 heterocycles. The SMILES string of the molecule is c1ccc(-c2nc(-n3c4ccccc4c4c3ccc3c5ccccc5n(-c5ccccc5)c34)c3sc4ccccc4c3n2)cc1. The lowest BCUT2D eigenvalue weighted by atomic mass is 10.1. The van der Waals surface area contributed by atoms with E-state index < -0.39 is 0 Å². The highest BCUT2D eigenvalue weighted by molar-refractivity contribution is 7.26. The molecule has 0 unspecified atom stereocenters. The molecule has 45 heavy (non-hydrogen) atoms. The fraction of sp³-hybridized carbons (Fsp3) is 0. The number of thiophene rings is 1. The molecule has 0 fully saturated rings. The summed E-state index contributed by atoms with van der Waals surface area (Å²) in [5.41, 5.74) is 7.80. The average molecular weight is 593 g/mol. The Morgan fingerprint density at radius 2 is 1.11 bits per heavy atom. The summed E-state index contributed by atoms with van der Waals surface area (Å²) in [6.07, 6.45) is 0. The molecule has 0 atom stereocenters. The maximum absolute atomic E-state index is 5.37. The van der Waals surface area contributed by atoms with Gasteiger partial charge in [0.2, 0.25) is 0 Å². The predicted octanol–water partition coefficient (Wildman–Crippen LogP) is 10.7. The van der Waals surface area contributed by atoms with Gasteiger partial charge in [0, 0.05) is 42.9 Å². The molecule has 0 bridgehead atoms. The third-order valence-corrected chi connectivity index (χ3v) is 10.1. The first-order chi connectivity index (χ1) is 22.3. The van der Waals surface area contributed by atoms with Gasteiger partial charge in [0.25, 0.3) is 0 Å². The molecule has 210 valence electrons. The Morgan fingerprint density at radius 1 is 0.467 bits per heavy atom. The lowest BCUT2D eigenvalue weighted by Gasteiger charge is -2.11. The first kappa shape index (κ1) is 24.6. The summed E-state index contributed by atoms with van der Waals surface area (Å²) >= 11 is 1.76. The van der Waals surface area contributed by atoms with Crippen LogP contribution in [-0.4, -0.2) is 19.1 Å². The summed E-state index contributed by atoms with van der Waals surface area (Å²) in [6, 6.07) is 51.6. The minimum absolute atomic E-state index is 0.729. The number of hydrogen-bond acceptors (Lipinski definition) is 3. The van der Waals surface area contributed by atoms with Crippen LogP contribution in [0.3, 0.4) is 0 Å². The van der Waals surface area contributed by atoms with Crippen molar-refractivity contribution in [2.45, 2.75) is 0 Å². The molecule has 10 rings (SSSR count). The number of aromatic nitrogens is 4. The van der Waals surface area contributed by atoms with Gasteiger partial charge in [0.1, 0.15) is 0 Å². The molecule has 4 aromatic heterocycles. The molecule has 0 saturated heterocycles. The van der Waals surface area contributed by atoms with Crippen molar-refractivity contribution in [1.29, 1.82) is 0 Å². The Morgan fingerprint density at radius 3 is 1.91 bits per heavy atom. The van der Waals surface area contributed by atoms with Crippen LogP contribution in [0.2, 0.25) is 0 Å². The van der Waals surface area contributed by atoms with Crippen LogP contribution in [0.4, 0.5) is 0 Å². The van der Waals surface area contributed by atoms with E-state index in [0.29, 0.717) is 0 Å². The number of nitrogens with zero attached hydrogens (tertiary/aromatic N) is 4. The van der Waals surface area contributed by atoms with E-state index in [9.17, 15) is 0 Å².